The van der Waals surface area contributed by atoms with E-state index in [-0.39, 0.29) is 0 Å². The second-order valence-corrected chi connectivity index (χ2v) is 3.07. The molecular weight excluding hydrogens is 176 g/mol. The van der Waals surface area contributed by atoms with Gasteiger partial charge in [-0.2, -0.15) is 0 Å². The van der Waals surface area contributed by atoms with Gasteiger partial charge in [0, 0.05) is 12.2 Å². The quantitative estimate of drug-likeness (QED) is 0.647. The van der Waals surface area contributed by atoms with E-state index < -0.39 is 0 Å². The average molecular weight is 193 g/mol. The molecule has 0 aliphatic rings. The summed E-state index contributed by atoms with van der Waals surface area (Å²) in [7, 11) is 1.68. The maximum absolute atomic E-state index is 5.48. The second kappa shape index (κ2) is 6.44. The lowest BCUT2D eigenvalue weighted by Crippen LogP contribution is -1.97. The maximum atomic E-state index is 5.48. The van der Waals surface area contributed by atoms with Crippen LogP contribution in [-0.4, -0.2) is 13.7 Å². The van der Waals surface area contributed by atoms with Crippen molar-refractivity contribution in [1.29, 1.82) is 0 Å². The third-order valence-electron chi connectivity index (χ3n) is 1.99. The Labute approximate surface area is 85.8 Å². The molecule has 0 aliphatic heterocycles. The minimum Gasteiger partial charge on any atom is -0.496 e. The van der Waals surface area contributed by atoms with Crippen molar-refractivity contribution in [2.24, 2.45) is 0 Å². The Morgan fingerprint density at radius 1 is 1.29 bits per heavy atom. The number of methoxy groups -OCH3 is 1. The molecule has 0 bridgehead atoms. The molecule has 0 atom stereocenters. The van der Waals surface area contributed by atoms with E-state index in [4.69, 9.17) is 9.47 Å². The van der Waals surface area contributed by atoms with Crippen LogP contribution in [0.5, 0.6) is 5.75 Å². The van der Waals surface area contributed by atoms with Crippen LogP contribution in [-0.2, 0) is 11.3 Å². The van der Waals surface area contributed by atoms with E-state index >= 15 is 0 Å². The summed E-state index contributed by atoms with van der Waals surface area (Å²) in [6.45, 7) is 5.14. The number of ether oxygens (including phenoxy) is 2. The summed E-state index contributed by atoms with van der Waals surface area (Å²) >= 11 is 0. The Morgan fingerprint density at radius 2 is 2.07 bits per heavy atom. The van der Waals surface area contributed by atoms with Crippen molar-refractivity contribution in [3.63, 3.8) is 0 Å². The molecule has 1 radical (unpaired) electrons. The van der Waals surface area contributed by atoms with Crippen molar-refractivity contribution in [1.82, 2.24) is 0 Å². The number of rotatable bonds is 6. The highest BCUT2D eigenvalue weighted by Gasteiger charge is 2.00. The molecule has 0 fully saturated rings. The van der Waals surface area contributed by atoms with Crippen LogP contribution in [0.15, 0.2) is 24.3 Å². The third-order valence-corrected chi connectivity index (χ3v) is 1.99. The second-order valence-electron chi connectivity index (χ2n) is 3.07. The Kier molecular flexibility index (Phi) is 5.08. The molecule has 0 aliphatic carbocycles. The fourth-order valence-electron chi connectivity index (χ4n) is 1.21. The molecule has 0 aromatic heterocycles. The number of benzene rings is 1. The van der Waals surface area contributed by atoms with Gasteiger partial charge in [-0.1, -0.05) is 31.5 Å². The highest BCUT2D eigenvalue weighted by atomic mass is 16.5. The van der Waals surface area contributed by atoms with Crippen molar-refractivity contribution >= 4 is 0 Å². The van der Waals surface area contributed by atoms with E-state index in [0.717, 1.165) is 30.8 Å². The van der Waals surface area contributed by atoms with Gasteiger partial charge in [0.25, 0.3) is 0 Å². The fourth-order valence-corrected chi connectivity index (χ4v) is 1.21. The van der Waals surface area contributed by atoms with Gasteiger partial charge in [0.1, 0.15) is 5.75 Å². The molecule has 77 valence electrons. The van der Waals surface area contributed by atoms with Gasteiger partial charge in [0.05, 0.1) is 13.7 Å². The summed E-state index contributed by atoms with van der Waals surface area (Å²) in [4.78, 5) is 0. The first-order valence-corrected chi connectivity index (χ1v) is 4.87. The molecule has 1 aromatic carbocycles. The Bertz CT molecular complexity index is 258. The molecule has 1 aromatic rings. The van der Waals surface area contributed by atoms with Gasteiger partial charge in [-0.15, -0.1) is 0 Å². The highest BCUT2D eigenvalue weighted by molar-refractivity contribution is 5.32. The predicted molar refractivity (Wildman–Crippen MR) is 57.2 cm³/mol. The minimum atomic E-state index is 0.615. The molecule has 0 saturated heterocycles. The molecule has 0 amide bonds. The number of para-hydroxylation sites is 1. The van der Waals surface area contributed by atoms with Crippen molar-refractivity contribution in [3.8, 4) is 5.75 Å². The van der Waals surface area contributed by atoms with E-state index in [9.17, 15) is 0 Å². The molecule has 0 unspecified atom stereocenters. The molecule has 0 spiro atoms. The Balaban J connectivity index is 2.41. The van der Waals surface area contributed by atoms with E-state index in [1.54, 1.807) is 7.11 Å². The fraction of sp³-hybridized carbons (Fsp3) is 0.417. The molecule has 14 heavy (non-hydrogen) atoms. The molecule has 1 rings (SSSR count). The normalized spacial score (nSPS) is 10.1. The van der Waals surface area contributed by atoms with Gasteiger partial charge >= 0.3 is 0 Å². The average Bonchev–Trinajstić information content (AvgIpc) is 2.25. The van der Waals surface area contributed by atoms with Crippen LogP contribution in [0.4, 0.5) is 0 Å². The molecule has 0 heterocycles. The lowest BCUT2D eigenvalue weighted by molar-refractivity contribution is 0.117. The minimum absolute atomic E-state index is 0.615. The van der Waals surface area contributed by atoms with Crippen LogP contribution >= 0.6 is 0 Å². The summed E-state index contributed by atoms with van der Waals surface area (Å²) in [6, 6.07) is 7.91. The first kappa shape index (κ1) is 11.1. The molecule has 0 saturated carbocycles. The zero-order chi connectivity index (χ0) is 10.2. The summed E-state index contributed by atoms with van der Waals surface area (Å²) in [5, 5.41) is 0. The van der Waals surface area contributed by atoms with Crippen molar-refractivity contribution in [2.75, 3.05) is 13.7 Å². The lowest BCUT2D eigenvalue weighted by Gasteiger charge is -2.08. The highest BCUT2D eigenvalue weighted by Crippen LogP contribution is 2.17. The number of hydrogen-bond donors (Lipinski definition) is 0. The van der Waals surface area contributed by atoms with E-state index in [0.29, 0.717) is 6.61 Å². The van der Waals surface area contributed by atoms with E-state index in [1.807, 2.05) is 24.3 Å². The van der Waals surface area contributed by atoms with Crippen LogP contribution < -0.4 is 4.74 Å². The first-order valence-electron chi connectivity index (χ1n) is 4.87. The van der Waals surface area contributed by atoms with Crippen molar-refractivity contribution in [2.45, 2.75) is 19.4 Å². The Hall–Kier alpha value is -1.02. The van der Waals surface area contributed by atoms with Crippen molar-refractivity contribution < 1.29 is 9.47 Å². The lowest BCUT2D eigenvalue weighted by atomic mass is 10.2. The molecular formula is C12H17O2. The molecule has 2 heteroatoms. The van der Waals surface area contributed by atoms with Gasteiger partial charge in [-0.05, 0) is 12.5 Å². The standard InChI is InChI=1S/C12H17O2/c1-3-4-9-14-10-11-7-5-6-8-12(11)13-2/h5-8H,1,3-4,9-10H2,2H3. The summed E-state index contributed by atoms with van der Waals surface area (Å²) in [6.07, 6.45) is 1.93. The maximum Gasteiger partial charge on any atom is 0.124 e. The largest absolute Gasteiger partial charge is 0.496 e. The van der Waals surface area contributed by atoms with Crippen LogP contribution in [0.2, 0.25) is 0 Å². The monoisotopic (exact) mass is 193 g/mol. The van der Waals surface area contributed by atoms with E-state index in [1.165, 1.54) is 0 Å². The van der Waals surface area contributed by atoms with Crippen LogP contribution in [0.1, 0.15) is 18.4 Å². The Morgan fingerprint density at radius 3 is 2.79 bits per heavy atom. The van der Waals surface area contributed by atoms with Gasteiger partial charge in [0.2, 0.25) is 0 Å². The van der Waals surface area contributed by atoms with Crippen LogP contribution in [0.25, 0.3) is 0 Å². The SMILES string of the molecule is [CH2]CCCOCc1ccccc1OC. The summed E-state index contributed by atoms with van der Waals surface area (Å²) < 4.78 is 10.7. The van der Waals surface area contributed by atoms with Gasteiger partial charge in [-0.25, -0.2) is 0 Å². The molecule has 0 N–H and O–H groups in total. The molecule has 2 nitrogen and oxygen atoms in total. The summed E-state index contributed by atoms with van der Waals surface area (Å²) in [5.74, 6) is 0.891. The number of unbranched alkanes of at least 4 members (excludes halogenated alkanes) is 1. The predicted octanol–water partition coefficient (Wildman–Crippen LogP) is 2.83. The van der Waals surface area contributed by atoms with E-state index in [2.05, 4.69) is 6.92 Å². The summed E-state index contributed by atoms with van der Waals surface area (Å²) in [5.41, 5.74) is 1.10. The first-order chi connectivity index (χ1) is 6.88. The third kappa shape index (κ3) is 3.38. The van der Waals surface area contributed by atoms with Crippen LogP contribution in [0, 0.1) is 6.92 Å². The van der Waals surface area contributed by atoms with Gasteiger partial charge in [0.15, 0.2) is 0 Å². The smallest absolute Gasteiger partial charge is 0.124 e. The zero-order valence-corrected chi connectivity index (χ0v) is 8.66. The topological polar surface area (TPSA) is 18.5 Å². The van der Waals surface area contributed by atoms with Gasteiger partial charge in [-0.3, -0.25) is 0 Å². The zero-order valence-electron chi connectivity index (χ0n) is 8.66. The number of hydrogen-bond acceptors (Lipinski definition) is 2. The van der Waals surface area contributed by atoms with Gasteiger partial charge < -0.3 is 9.47 Å². The van der Waals surface area contributed by atoms with Crippen molar-refractivity contribution in [3.05, 3.63) is 36.8 Å². The van der Waals surface area contributed by atoms with Crippen LogP contribution in [0.3, 0.4) is 0 Å².